The van der Waals surface area contributed by atoms with Gasteiger partial charge in [0.15, 0.2) is 5.78 Å². The summed E-state index contributed by atoms with van der Waals surface area (Å²) >= 11 is 0. The van der Waals surface area contributed by atoms with Crippen LogP contribution in [0.4, 0.5) is 5.69 Å². The van der Waals surface area contributed by atoms with Crippen molar-refractivity contribution in [3.63, 3.8) is 0 Å². The fourth-order valence-electron chi connectivity index (χ4n) is 9.14. The smallest absolute Gasteiger partial charge is 0.347 e. The van der Waals surface area contributed by atoms with Gasteiger partial charge in [-0.1, -0.05) is 32.0 Å². The van der Waals surface area contributed by atoms with Crippen molar-refractivity contribution in [2.75, 3.05) is 0 Å². The first-order chi connectivity index (χ1) is 19.1. The number of para-hydroxylation sites is 1. The minimum atomic E-state index is -1.84. The molecule has 2 aliphatic heterocycles. The lowest BCUT2D eigenvalue weighted by Crippen LogP contribution is -2.73. The number of ketones is 1. The molecule has 2 aromatic rings. The summed E-state index contributed by atoms with van der Waals surface area (Å²) in [5, 5.41) is 37.9. The van der Waals surface area contributed by atoms with Crippen molar-refractivity contribution >= 4 is 17.2 Å². The van der Waals surface area contributed by atoms with E-state index in [0.717, 1.165) is 10.1 Å². The molecule has 0 bridgehead atoms. The van der Waals surface area contributed by atoms with Crippen molar-refractivity contribution in [3.8, 4) is 0 Å². The molecule has 41 heavy (non-hydrogen) atoms. The van der Waals surface area contributed by atoms with Crippen LogP contribution in [-0.4, -0.2) is 70.7 Å². The Morgan fingerprint density at radius 3 is 2.54 bits per heavy atom. The SMILES string of the molecule is Cn1c(=O)[nH]n(C23C[C@@H]4C[C@H](O)[C@@]5(O)C6=CC(=O)[C@@H](C(C)(C)O)OC6CC[C@]5(C)[C@@]4(C)C2=Nc2ccccc23)c1=O. The molecule has 3 aliphatic carbocycles. The normalized spacial score (nSPS) is 41.1. The highest BCUT2D eigenvalue weighted by Crippen LogP contribution is 2.73. The molecule has 11 heteroatoms. The number of nitrogens with zero attached hydrogens (tertiary/aromatic N) is 3. The highest BCUT2D eigenvalue weighted by atomic mass is 16.5. The summed E-state index contributed by atoms with van der Waals surface area (Å²) in [4.78, 5) is 44.6. The summed E-state index contributed by atoms with van der Waals surface area (Å²) < 4.78 is 8.53. The average Bonchev–Trinajstić information content (AvgIpc) is 3.47. The minimum absolute atomic E-state index is 0.185. The van der Waals surface area contributed by atoms with E-state index in [1.165, 1.54) is 31.7 Å². The van der Waals surface area contributed by atoms with Crippen LogP contribution in [0.2, 0.25) is 0 Å². The van der Waals surface area contributed by atoms with E-state index >= 15 is 0 Å². The number of nitrogens with one attached hydrogen (secondary N) is 1. The molecule has 3 saturated carbocycles. The Labute approximate surface area is 236 Å². The lowest BCUT2D eigenvalue weighted by atomic mass is 9.41. The van der Waals surface area contributed by atoms with E-state index in [2.05, 4.69) is 5.10 Å². The fraction of sp³-hybridized carbons (Fsp3) is 0.600. The number of aliphatic hydroxyl groups is 3. The number of benzene rings is 1. The molecule has 218 valence electrons. The fourth-order valence-corrected chi connectivity index (χ4v) is 9.14. The number of aliphatic hydroxyl groups excluding tert-OH is 1. The number of carbonyl (C=O) groups is 1. The van der Waals surface area contributed by atoms with E-state index in [4.69, 9.17) is 9.73 Å². The van der Waals surface area contributed by atoms with E-state index in [-0.39, 0.29) is 12.3 Å². The number of fused-ring (bicyclic) bond motifs is 9. The molecule has 0 amide bonds. The van der Waals surface area contributed by atoms with Gasteiger partial charge >= 0.3 is 11.4 Å². The molecule has 11 nitrogen and oxygen atoms in total. The Morgan fingerprint density at radius 2 is 1.88 bits per heavy atom. The number of aromatic amines is 1. The Bertz CT molecular complexity index is 1690. The summed E-state index contributed by atoms with van der Waals surface area (Å²) in [6.45, 7) is 7.01. The van der Waals surface area contributed by atoms with Crippen LogP contribution in [0.3, 0.4) is 0 Å². The number of hydrogen-bond acceptors (Lipinski definition) is 8. The molecular formula is C30H36N4O7. The predicted molar refractivity (Wildman–Crippen MR) is 148 cm³/mol. The lowest BCUT2D eigenvalue weighted by Gasteiger charge is -2.66. The monoisotopic (exact) mass is 564 g/mol. The number of hydrogen-bond donors (Lipinski definition) is 4. The number of rotatable bonds is 2. The molecule has 0 saturated heterocycles. The second-order valence-electron chi connectivity index (χ2n) is 13.6. The van der Waals surface area contributed by atoms with Crippen molar-refractivity contribution in [3.05, 3.63) is 62.4 Å². The van der Waals surface area contributed by atoms with Gasteiger partial charge in [-0.2, -0.15) is 0 Å². The van der Waals surface area contributed by atoms with Crippen LogP contribution in [0.15, 0.2) is 50.5 Å². The van der Waals surface area contributed by atoms with Gasteiger partial charge in [0.1, 0.15) is 17.2 Å². The van der Waals surface area contributed by atoms with Crippen LogP contribution >= 0.6 is 0 Å². The van der Waals surface area contributed by atoms with Gasteiger partial charge < -0.3 is 20.1 Å². The first-order valence-corrected chi connectivity index (χ1v) is 14.2. The summed E-state index contributed by atoms with van der Waals surface area (Å²) in [6.07, 6.45) is -0.142. The van der Waals surface area contributed by atoms with Gasteiger partial charge in [0.05, 0.1) is 29.2 Å². The summed E-state index contributed by atoms with van der Waals surface area (Å²) in [5.41, 5.74) is -4.85. The van der Waals surface area contributed by atoms with Crippen LogP contribution in [0.25, 0.3) is 0 Å². The number of H-pyrrole nitrogens is 1. The second kappa shape index (κ2) is 7.83. The van der Waals surface area contributed by atoms with Crippen molar-refractivity contribution in [1.82, 2.24) is 14.3 Å². The molecule has 8 atom stereocenters. The molecule has 1 aromatic heterocycles. The molecule has 7 rings (SSSR count). The van der Waals surface area contributed by atoms with Crippen molar-refractivity contribution in [2.24, 2.45) is 28.8 Å². The van der Waals surface area contributed by atoms with Gasteiger partial charge in [0.2, 0.25) is 0 Å². The van der Waals surface area contributed by atoms with E-state index in [1.807, 2.05) is 38.1 Å². The highest BCUT2D eigenvalue weighted by Gasteiger charge is 2.78. The maximum atomic E-state index is 13.5. The summed E-state index contributed by atoms with van der Waals surface area (Å²) in [6, 6.07) is 7.54. The number of ether oxygens (including phenoxy) is 1. The van der Waals surface area contributed by atoms with Gasteiger partial charge in [0, 0.05) is 23.4 Å². The third kappa shape index (κ3) is 2.88. The highest BCUT2D eigenvalue weighted by molar-refractivity contribution is 6.08. The van der Waals surface area contributed by atoms with Crippen LogP contribution in [0.1, 0.15) is 58.9 Å². The van der Waals surface area contributed by atoms with Crippen LogP contribution < -0.4 is 11.4 Å². The number of carbonyl (C=O) groups excluding carboxylic acids is 1. The van der Waals surface area contributed by atoms with Gasteiger partial charge in [-0.25, -0.2) is 23.9 Å². The average molecular weight is 565 g/mol. The van der Waals surface area contributed by atoms with Crippen molar-refractivity contribution in [1.29, 1.82) is 0 Å². The first-order valence-electron chi connectivity index (χ1n) is 14.2. The Balaban J connectivity index is 1.46. The van der Waals surface area contributed by atoms with E-state index < -0.39 is 63.0 Å². The maximum Gasteiger partial charge on any atom is 0.347 e. The Hall–Kier alpha value is -3.12. The van der Waals surface area contributed by atoms with E-state index in [0.29, 0.717) is 36.2 Å². The van der Waals surface area contributed by atoms with Crippen molar-refractivity contribution in [2.45, 2.75) is 88.4 Å². The van der Waals surface area contributed by atoms with Crippen LogP contribution in [0.5, 0.6) is 0 Å². The summed E-state index contributed by atoms with van der Waals surface area (Å²) in [5.74, 6) is -0.673. The minimum Gasteiger partial charge on any atom is -0.390 e. The second-order valence-corrected chi connectivity index (χ2v) is 13.6. The molecule has 1 aromatic carbocycles. The largest absolute Gasteiger partial charge is 0.390 e. The molecule has 3 fully saturated rings. The van der Waals surface area contributed by atoms with Crippen molar-refractivity contribution < 1.29 is 24.9 Å². The molecule has 4 N–H and O–H groups in total. The number of aromatic nitrogens is 3. The molecule has 5 aliphatic rings. The molecule has 3 heterocycles. The Morgan fingerprint density at radius 1 is 1.17 bits per heavy atom. The molecular weight excluding hydrogens is 528 g/mol. The zero-order chi connectivity index (χ0) is 29.5. The quantitative estimate of drug-likeness (QED) is 0.424. The summed E-state index contributed by atoms with van der Waals surface area (Å²) in [7, 11) is 1.42. The Kier molecular flexibility index (Phi) is 5.11. The zero-order valence-corrected chi connectivity index (χ0v) is 23.8. The van der Waals surface area contributed by atoms with Crippen LogP contribution in [-0.2, 0) is 22.1 Å². The van der Waals surface area contributed by atoms with E-state index in [1.54, 1.807) is 0 Å². The van der Waals surface area contributed by atoms with Gasteiger partial charge in [0.25, 0.3) is 0 Å². The molecule has 0 spiro atoms. The topological polar surface area (TPSA) is 159 Å². The number of aliphatic imine (C=N–C) groups is 1. The predicted octanol–water partition coefficient (Wildman–Crippen LogP) is 1.06. The first kappa shape index (κ1) is 26.8. The third-order valence-electron chi connectivity index (χ3n) is 11.4. The molecule has 2 unspecified atom stereocenters. The standard InChI is InChI=1S/C30H36N4O7/c1-26(2,39)22-19(35)13-17-20(41-22)10-11-27(3)28(4)15(12-21(36)30(17,27)40)14-29(34-25(38)33(5)24(37)32-34)16-8-6-7-9-18(16)31-23(28)29/h6-9,13,15,20-22,36,39-40H,10-12,14H2,1-5H3,(H,32,37)/t15-,20?,21-,22-,27+,28+,29?,30-/m0/s1. The third-order valence-corrected chi connectivity index (χ3v) is 11.4. The zero-order valence-electron chi connectivity index (χ0n) is 23.8. The van der Waals surface area contributed by atoms with Gasteiger partial charge in [-0.05, 0) is 63.2 Å². The van der Waals surface area contributed by atoms with Gasteiger partial charge in [-0.3, -0.25) is 9.79 Å². The lowest BCUT2D eigenvalue weighted by molar-refractivity contribution is -0.237. The molecule has 0 radical (unpaired) electrons. The van der Waals surface area contributed by atoms with Crippen LogP contribution in [0, 0.1) is 16.7 Å². The maximum absolute atomic E-state index is 13.5. The van der Waals surface area contributed by atoms with E-state index in [9.17, 15) is 29.7 Å². The van der Waals surface area contributed by atoms with Gasteiger partial charge in [-0.15, -0.1) is 0 Å².